The molecule has 2 aliphatic rings. The van der Waals surface area contributed by atoms with Crippen molar-refractivity contribution in [2.45, 2.75) is 39.7 Å². The van der Waals surface area contributed by atoms with Gasteiger partial charge in [-0.1, -0.05) is 25.2 Å². The van der Waals surface area contributed by atoms with E-state index >= 15 is 0 Å². The van der Waals surface area contributed by atoms with Gasteiger partial charge in [-0.25, -0.2) is 4.79 Å². The lowest BCUT2D eigenvalue weighted by atomic mass is 9.62. The zero-order chi connectivity index (χ0) is 17.4. The van der Waals surface area contributed by atoms with Crippen LogP contribution in [0.5, 0.6) is 0 Å². The van der Waals surface area contributed by atoms with Crippen LogP contribution in [0.15, 0.2) is 35.5 Å². The third kappa shape index (κ3) is 3.14. The minimum Gasteiger partial charge on any atom is -0.466 e. The summed E-state index contributed by atoms with van der Waals surface area (Å²) in [6.45, 7) is 8.98. The van der Waals surface area contributed by atoms with Crippen LogP contribution in [-0.4, -0.2) is 30.9 Å². The van der Waals surface area contributed by atoms with Crippen molar-refractivity contribution in [2.75, 3.05) is 7.11 Å². The lowest BCUT2D eigenvalue weighted by Gasteiger charge is -2.44. The molecular formula is C18H22O5. The SMILES string of the molecule is C=C(C(=O)OC)C1CC2=C(C)C(=O)C=CC2(C)CC1OC(C)=O. The van der Waals surface area contributed by atoms with E-state index < -0.39 is 18.0 Å². The number of ketones is 1. The maximum Gasteiger partial charge on any atom is 0.333 e. The molecule has 3 atom stereocenters. The summed E-state index contributed by atoms with van der Waals surface area (Å²) in [5.41, 5.74) is 1.58. The largest absolute Gasteiger partial charge is 0.466 e. The molecule has 1 fully saturated rings. The number of carbonyl (C=O) groups is 3. The molecule has 0 amide bonds. The standard InChI is InChI=1S/C18H22O5/c1-10(17(21)22-5)13-8-14-11(2)15(20)6-7-18(14,4)9-16(13)23-12(3)19/h6-7,13,16H,1,8-9H2,2-5H3. The van der Waals surface area contributed by atoms with Gasteiger partial charge in [-0.3, -0.25) is 9.59 Å². The molecule has 5 heteroatoms. The summed E-state index contributed by atoms with van der Waals surface area (Å²) in [6, 6.07) is 0. The van der Waals surface area contributed by atoms with Crippen LogP contribution in [0.3, 0.4) is 0 Å². The molecule has 0 spiro atoms. The van der Waals surface area contributed by atoms with Gasteiger partial charge in [0.2, 0.25) is 0 Å². The van der Waals surface area contributed by atoms with Gasteiger partial charge in [0.25, 0.3) is 0 Å². The number of fused-ring (bicyclic) bond motifs is 1. The quantitative estimate of drug-likeness (QED) is 0.591. The van der Waals surface area contributed by atoms with Crippen LogP contribution >= 0.6 is 0 Å². The molecular weight excluding hydrogens is 296 g/mol. The number of allylic oxidation sites excluding steroid dienone is 4. The highest BCUT2D eigenvalue weighted by atomic mass is 16.5. The summed E-state index contributed by atoms with van der Waals surface area (Å²) in [7, 11) is 1.29. The van der Waals surface area contributed by atoms with Crippen molar-refractivity contribution < 1.29 is 23.9 Å². The van der Waals surface area contributed by atoms with Gasteiger partial charge in [0, 0.05) is 23.8 Å². The second kappa shape index (κ2) is 6.14. The minimum atomic E-state index is -0.522. The van der Waals surface area contributed by atoms with Gasteiger partial charge < -0.3 is 9.47 Å². The van der Waals surface area contributed by atoms with Crippen molar-refractivity contribution in [3.8, 4) is 0 Å². The average molecular weight is 318 g/mol. The first kappa shape index (κ1) is 17.2. The molecule has 5 nitrogen and oxygen atoms in total. The molecule has 0 bridgehead atoms. The van der Waals surface area contributed by atoms with Gasteiger partial charge in [0.1, 0.15) is 6.10 Å². The van der Waals surface area contributed by atoms with E-state index in [0.29, 0.717) is 18.4 Å². The molecule has 0 aromatic carbocycles. The molecule has 0 saturated heterocycles. The number of carbonyl (C=O) groups excluding carboxylic acids is 3. The fraction of sp³-hybridized carbons (Fsp3) is 0.500. The van der Waals surface area contributed by atoms with Crippen molar-refractivity contribution in [1.29, 1.82) is 0 Å². The van der Waals surface area contributed by atoms with Crippen LogP contribution < -0.4 is 0 Å². The Balaban J connectivity index is 2.42. The summed E-state index contributed by atoms with van der Waals surface area (Å²) in [6.07, 6.45) is 3.91. The number of ether oxygens (including phenoxy) is 2. The Morgan fingerprint density at radius 1 is 1.39 bits per heavy atom. The molecule has 0 aromatic heterocycles. The first-order chi connectivity index (χ1) is 10.7. The fourth-order valence-electron chi connectivity index (χ4n) is 3.52. The number of hydrogen-bond donors (Lipinski definition) is 0. The molecule has 0 radical (unpaired) electrons. The summed E-state index contributed by atoms with van der Waals surface area (Å²) < 4.78 is 10.2. The van der Waals surface area contributed by atoms with Crippen molar-refractivity contribution in [3.63, 3.8) is 0 Å². The van der Waals surface area contributed by atoms with Gasteiger partial charge in [-0.05, 0) is 31.4 Å². The number of esters is 2. The van der Waals surface area contributed by atoms with E-state index in [4.69, 9.17) is 9.47 Å². The van der Waals surface area contributed by atoms with Crippen molar-refractivity contribution in [1.82, 2.24) is 0 Å². The highest BCUT2D eigenvalue weighted by Crippen LogP contribution is 2.50. The second-order valence-corrected chi connectivity index (χ2v) is 6.40. The lowest BCUT2D eigenvalue weighted by Crippen LogP contribution is -2.42. The Morgan fingerprint density at radius 2 is 2.04 bits per heavy atom. The van der Waals surface area contributed by atoms with Crippen LogP contribution in [0.1, 0.15) is 33.6 Å². The Labute approximate surface area is 136 Å². The Kier molecular flexibility index (Phi) is 4.59. The van der Waals surface area contributed by atoms with Crippen molar-refractivity contribution >= 4 is 17.7 Å². The second-order valence-electron chi connectivity index (χ2n) is 6.40. The van der Waals surface area contributed by atoms with E-state index in [-0.39, 0.29) is 22.7 Å². The van der Waals surface area contributed by atoms with E-state index in [2.05, 4.69) is 6.58 Å². The van der Waals surface area contributed by atoms with Crippen LogP contribution in [0, 0.1) is 11.3 Å². The normalized spacial score (nSPS) is 29.8. The van der Waals surface area contributed by atoms with Gasteiger partial charge >= 0.3 is 11.9 Å². The van der Waals surface area contributed by atoms with E-state index in [9.17, 15) is 14.4 Å². The van der Waals surface area contributed by atoms with Gasteiger partial charge in [0.15, 0.2) is 5.78 Å². The molecule has 0 aromatic rings. The maximum atomic E-state index is 12.0. The first-order valence-electron chi connectivity index (χ1n) is 7.57. The molecule has 1 saturated carbocycles. The number of hydrogen-bond acceptors (Lipinski definition) is 5. The summed E-state index contributed by atoms with van der Waals surface area (Å²) in [5, 5.41) is 0. The van der Waals surface area contributed by atoms with Crippen LogP contribution in [0.25, 0.3) is 0 Å². The smallest absolute Gasteiger partial charge is 0.333 e. The predicted octanol–water partition coefficient (Wildman–Crippen LogP) is 2.52. The molecule has 124 valence electrons. The number of methoxy groups -OCH3 is 1. The molecule has 2 rings (SSSR count). The summed E-state index contributed by atoms with van der Waals surface area (Å²) >= 11 is 0. The molecule has 0 heterocycles. The fourth-order valence-corrected chi connectivity index (χ4v) is 3.52. The van der Waals surface area contributed by atoms with E-state index in [1.165, 1.54) is 14.0 Å². The highest BCUT2D eigenvalue weighted by molar-refractivity contribution is 6.05. The molecule has 3 unspecified atom stereocenters. The Morgan fingerprint density at radius 3 is 2.61 bits per heavy atom. The minimum absolute atomic E-state index is 0.0224. The maximum absolute atomic E-state index is 12.0. The van der Waals surface area contributed by atoms with Gasteiger partial charge in [-0.2, -0.15) is 0 Å². The number of rotatable bonds is 3. The molecule has 23 heavy (non-hydrogen) atoms. The highest BCUT2D eigenvalue weighted by Gasteiger charge is 2.46. The Hall–Kier alpha value is -2.17. The summed E-state index contributed by atoms with van der Waals surface area (Å²) in [5.74, 6) is -1.33. The Bertz CT molecular complexity index is 640. The summed E-state index contributed by atoms with van der Waals surface area (Å²) in [4.78, 5) is 35.3. The zero-order valence-electron chi connectivity index (χ0n) is 14.0. The third-order valence-corrected chi connectivity index (χ3v) is 4.82. The molecule has 0 aliphatic heterocycles. The molecule has 0 N–H and O–H groups in total. The van der Waals surface area contributed by atoms with Gasteiger partial charge in [0.05, 0.1) is 7.11 Å². The average Bonchev–Trinajstić information content (AvgIpc) is 2.49. The van der Waals surface area contributed by atoms with E-state index in [1.54, 1.807) is 13.0 Å². The van der Waals surface area contributed by atoms with E-state index in [0.717, 1.165) is 5.57 Å². The van der Waals surface area contributed by atoms with Crippen LogP contribution in [0.2, 0.25) is 0 Å². The van der Waals surface area contributed by atoms with Crippen LogP contribution in [-0.2, 0) is 23.9 Å². The molecule has 2 aliphatic carbocycles. The van der Waals surface area contributed by atoms with Gasteiger partial charge in [-0.15, -0.1) is 0 Å². The predicted molar refractivity (Wildman–Crippen MR) is 84.4 cm³/mol. The topological polar surface area (TPSA) is 69.7 Å². The van der Waals surface area contributed by atoms with Crippen molar-refractivity contribution in [2.24, 2.45) is 11.3 Å². The van der Waals surface area contributed by atoms with E-state index in [1.807, 2.05) is 13.0 Å². The lowest BCUT2D eigenvalue weighted by molar-refractivity contribution is -0.152. The zero-order valence-corrected chi connectivity index (χ0v) is 14.0. The van der Waals surface area contributed by atoms with Crippen molar-refractivity contribution in [3.05, 3.63) is 35.5 Å². The third-order valence-electron chi connectivity index (χ3n) is 4.82. The first-order valence-corrected chi connectivity index (χ1v) is 7.57. The monoisotopic (exact) mass is 318 g/mol. The van der Waals surface area contributed by atoms with Crippen LogP contribution in [0.4, 0.5) is 0 Å².